The van der Waals surface area contributed by atoms with Gasteiger partial charge in [0.15, 0.2) is 0 Å². The molecule has 0 spiro atoms. The Bertz CT molecular complexity index is 440. The topological polar surface area (TPSA) is 24.1 Å². The summed E-state index contributed by atoms with van der Waals surface area (Å²) in [6.07, 6.45) is 6.25. The number of halogens is 1. The highest BCUT2D eigenvalue weighted by Gasteiger charge is 2.35. The SMILES string of the molecule is Cc1ccc(F)c(NC2CCCC2C2CCCN2)c1. The van der Waals surface area contributed by atoms with Crippen molar-refractivity contribution >= 4 is 5.69 Å². The normalized spacial score (nSPS) is 30.7. The summed E-state index contributed by atoms with van der Waals surface area (Å²) in [5.41, 5.74) is 1.78. The zero-order chi connectivity index (χ0) is 13.2. The van der Waals surface area contributed by atoms with E-state index in [0.29, 0.717) is 23.7 Å². The Balaban J connectivity index is 1.72. The molecule has 1 saturated heterocycles. The largest absolute Gasteiger partial charge is 0.380 e. The third kappa shape index (κ3) is 2.76. The van der Waals surface area contributed by atoms with E-state index in [2.05, 4.69) is 10.6 Å². The Morgan fingerprint density at radius 1 is 1.21 bits per heavy atom. The number of anilines is 1. The summed E-state index contributed by atoms with van der Waals surface area (Å²) in [6, 6.07) is 6.37. The van der Waals surface area contributed by atoms with E-state index in [-0.39, 0.29) is 5.82 Å². The lowest BCUT2D eigenvalue weighted by Crippen LogP contribution is -2.38. The fourth-order valence-corrected chi connectivity index (χ4v) is 3.68. The Morgan fingerprint density at radius 2 is 2.11 bits per heavy atom. The first-order valence-corrected chi connectivity index (χ1v) is 7.50. The maximum absolute atomic E-state index is 13.8. The van der Waals surface area contributed by atoms with Gasteiger partial charge >= 0.3 is 0 Å². The van der Waals surface area contributed by atoms with Crippen LogP contribution in [0, 0.1) is 18.7 Å². The summed E-state index contributed by atoms with van der Waals surface area (Å²) in [5, 5.41) is 7.07. The average Bonchev–Trinajstić information content (AvgIpc) is 3.03. The highest BCUT2D eigenvalue weighted by molar-refractivity contribution is 5.48. The van der Waals surface area contributed by atoms with Crippen LogP contribution in [-0.2, 0) is 0 Å². The van der Waals surface area contributed by atoms with Crippen molar-refractivity contribution in [1.29, 1.82) is 0 Å². The predicted octanol–water partition coefficient (Wildman–Crippen LogP) is 3.47. The molecular weight excluding hydrogens is 239 g/mol. The zero-order valence-electron chi connectivity index (χ0n) is 11.6. The van der Waals surface area contributed by atoms with Gasteiger partial charge < -0.3 is 10.6 Å². The van der Waals surface area contributed by atoms with Gasteiger partial charge in [-0.05, 0) is 62.8 Å². The quantitative estimate of drug-likeness (QED) is 0.871. The fraction of sp³-hybridized carbons (Fsp3) is 0.625. The minimum atomic E-state index is -0.129. The van der Waals surface area contributed by atoms with Gasteiger partial charge in [-0.2, -0.15) is 0 Å². The predicted molar refractivity (Wildman–Crippen MR) is 76.9 cm³/mol. The number of hydrogen-bond donors (Lipinski definition) is 2. The molecule has 0 bridgehead atoms. The second kappa shape index (κ2) is 5.49. The lowest BCUT2D eigenvalue weighted by molar-refractivity contribution is 0.375. The Morgan fingerprint density at radius 3 is 2.89 bits per heavy atom. The Hall–Kier alpha value is -1.09. The number of nitrogens with one attached hydrogen (secondary N) is 2. The van der Waals surface area contributed by atoms with Gasteiger partial charge in [-0.15, -0.1) is 0 Å². The molecule has 19 heavy (non-hydrogen) atoms. The standard InChI is InChI=1S/C16H23FN2/c1-11-7-8-13(17)16(10-11)19-15-5-2-4-12(15)14-6-3-9-18-14/h7-8,10,12,14-15,18-19H,2-6,9H2,1H3. The van der Waals surface area contributed by atoms with E-state index in [9.17, 15) is 4.39 Å². The summed E-state index contributed by atoms with van der Waals surface area (Å²) < 4.78 is 13.8. The molecule has 2 aliphatic rings. The maximum atomic E-state index is 13.8. The van der Waals surface area contributed by atoms with Gasteiger partial charge in [-0.1, -0.05) is 12.5 Å². The summed E-state index contributed by atoms with van der Waals surface area (Å²) in [7, 11) is 0. The van der Waals surface area contributed by atoms with E-state index < -0.39 is 0 Å². The first-order valence-electron chi connectivity index (χ1n) is 7.50. The summed E-state index contributed by atoms with van der Waals surface area (Å²) >= 11 is 0. The molecule has 3 unspecified atom stereocenters. The lowest BCUT2D eigenvalue weighted by atomic mass is 9.93. The van der Waals surface area contributed by atoms with Crippen LogP contribution in [0.25, 0.3) is 0 Å². The van der Waals surface area contributed by atoms with Gasteiger partial charge in [0, 0.05) is 12.1 Å². The number of benzene rings is 1. The Labute approximate surface area is 114 Å². The van der Waals surface area contributed by atoms with E-state index in [1.165, 1.54) is 25.7 Å². The van der Waals surface area contributed by atoms with Gasteiger partial charge in [-0.3, -0.25) is 0 Å². The molecule has 2 fully saturated rings. The molecule has 0 radical (unpaired) electrons. The van der Waals surface area contributed by atoms with Gasteiger partial charge in [0.2, 0.25) is 0 Å². The third-order valence-corrected chi connectivity index (χ3v) is 4.65. The van der Waals surface area contributed by atoms with Crippen LogP contribution in [0.5, 0.6) is 0 Å². The molecule has 0 amide bonds. The molecule has 104 valence electrons. The average molecular weight is 262 g/mol. The monoisotopic (exact) mass is 262 g/mol. The van der Waals surface area contributed by atoms with Crippen LogP contribution < -0.4 is 10.6 Å². The summed E-state index contributed by atoms with van der Waals surface area (Å²) in [6.45, 7) is 3.15. The molecular formula is C16H23FN2. The third-order valence-electron chi connectivity index (χ3n) is 4.65. The van der Waals surface area contributed by atoms with Crippen molar-refractivity contribution in [2.75, 3.05) is 11.9 Å². The van der Waals surface area contributed by atoms with Crippen LogP contribution in [-0.4, -0.2) is 18.6 Å². The lowest BCUT2D eigenvalue weighted by Gasteiger charge is -2.27. The number of rotatable bonds is 3. The summed E-state index contributed by atoms with van der Waals surface area (Å²) in [5.74, 6) is 0.526. The second-order valence-corrected chi connectivity index (χ2v) is 6.03. The minimum Gasteiger partial charge on any atom is -0.380 e. The van der Waals surface area contributed by atoms with Crippen LogP contribution in [0.4, 0.5) is 10.1 Å². The van der Waals surface area contributed by atoms with Crippen LogP contribution in [0.2, 0.25) is 0 Å². The van der Waals surface area contributed by atoms with Crippen molar-refractivity contribution < 1.29 is 4.39 Å². The molecule has 1 aliphatic heterocycles. The van der Waals surface area contributed by atoms with E-state index in [1.807, 2.05) is 19.1 Å². The molecule has 2 N–H and O–H groups in total. The van der Waals surface area contributed by atoms with Gasteiger partial charge in [-0.25, -0.2) is 4.39 Å². The van der Waals surface area contributed by atoms with Gasteiger partial charge in [0.05, 0.1) is 5.69 Å². The van der Waals surface area contributed by atoms with Crippen LogP contribution in [0.1, 0.15) is 37.7 Å². The van der Waals surface area contributed by atoms with E-state index in [1.54, 1.807) is 6.07 Å². The summed E-state index contributed by atoms with van der Waals surface area (Å²) in [4.78, 5) is 0. The number of hydrogen-bond acceptors (Lipinski definition) is 2. The molecule has 3 heteroatoms. The molecule has 1 aromatic carbocycles. The molecule has 0 aromatic heterocycles. The van der Waals surface area contributed by atoms with Crippen molar-refractivity contribution in [2.24, 2.45) is 5.92 Å². The van der Waals surface area contributed by atoms with Crippen molar-refractivity contribution in [2.45, 2.75) is 51.1 Å². The van der Waals surface area contributed by atoms with Crippen molar-refractivity contribution in [1.82, 2.24) is 5.32 Å². The van der Waals surface area contributed by atoms with Crippen molar-refractivity contribution in [3.05, 3.63) is 29.6 Å². The minimum absolute atomic E-state index is 0.129. The smallest absolute Gasteiger partial charge is 0.146 e. The molecule has 3 rings (SSSR count). The van der Waals surface area contributed by atoms with Gasteiger partial charge in [0.25, 0.3) is 0 Å². The second-order valence-electron chi connectivity index (χ2n) is 6.03. The molecule has 1 saturated carbocycles. The van der Waals surface area contributed by atoms with Crippen LogP contribution in [0.15, 0.2) is 18.2 Å². The van der Waals surface area contributed by atoms with Crippen molar-refractivity contribution in [3.63, 3.8) is 0 Å². The molecule has 1 aromatic rings. The Kier molecular flexibility index (Phi) is 3.74. The van der Waals surface area contributed by atoms with Crippen LogP contribution in [0.3, 0.4) is 0 Å². The van der Waals surface area contributed by atoms with Crippen LogP contribution >= 0.6 is 0 Å². The molecule has 2 nitrogen and oxygen atoms in total. The first-order chi connectivity index (χ1) is 9.24. The maximum Gasteiger partial charge on any atom is 0.146 e. The molecule has 1 heterocycles. The van der Waals surface area contributed by atoms with Gasteiger partial charge in [0.1, 0.15) is 5.82 Å². The fourth-order valence-electron chi connectivity index (χ4n) is 3.68. The van der Waals surface area contributed by atoms with E-state index in [0.717, 1.165) is 18.5 Å². The number of aryl methyl sites for hydroxylation is 1. The molecule has 3 atom stereocenters. The molecule has 1 aliphatic carbocycles. The van der Waals surface area contributed by atoms with E-state index in [4.69, 9.17) is 0 Å². The highest BCUT2D eigenvalue weighted by atomic mass is 19.1. The first kappa shape index (κ1) is 12.9. The highest BCUT2D eigenvalue weighted by Crippen LogP contribution is 2.34. The zero-order valence-corrected chi connectivity index (χ0v) is 11.6. The van der Waals surface area contributed by atoms with E-state index >= 15 is 0 Å². The van der Waals surface area contributed by atoms with Crippen molar-refractivity contribution in [3.8, 4) is 0 Å².